The van der Waals surface area contributed by atoms with Crippen LogP contribution in [0.2, 0.25) is 0 Å². The Hall–Kier alpha value is -2.84. The molecule has 156 valence electrons. The van der Waals surface area contributed by atoms with Gasteiger partial charge in [-0.15, -0.1) is 0 Å². The summed E-state index contributed by atoms with van der Waals surface area (Å²) in [6.45, 7) is 2.92. The second-order valence-electron chi connectivity index (χ2n) is 6.51. The van der Waals surface area contributed by atoms with E-state index in [4.69, 9.17) is 17.0 Å². The number of ether oxygens (including phenoxy) is 1. The lowest BCUT2D eigenvalue weighted by Gasteiger charge is -2.14. The quantitative estimate of drug-likeness (QED) is 0.479. The molecule has 1 heterocycles. The number of nitrogens with zero attached hydrogens (tertiary/aromatic N) is 1. The first-order valence-corrected chi connectivity index (χ1v) is 10.7. The largest absolute Gasteiger partial charge is 0.504 e. The van der Waals surface area contributed by atoms with E-state index in [2.05, 4.69) is 5.32 Å². The van der Waals surface area contributed by atoms with Crippen LogP contribution >= 0.6 is 24.0 Å². The third kappa shape index (κ3) is 5.61. The second kappa shape index (κ2) is 10.3. The Balaban J connectivity index is 1.58. The smallest absolute Gasteiger partial charge is 0.266 e. The molecule has 1 aliphatic heterocycles. The molecular formula is C22H22N2O4S2. The molecule has 6 nitrogen and oxygen atoms in total. The van der Waals surface area contributed by atoms with Crippen molar-refractivity contribution < 1.29 is 19.4 Å². The number of hydrogen-bond donors (Lipinski definition) is 2. The molecule has 0 saturated carbocycles. The van der Waals surface area contributed by atoms with Crippen molar-refractivity contribution in [3.8, 4) is 11.5 Å². The number of aromatic hydroxyl groups is 1. The Bertz CT molecular complexity index is 976. The Morgan fingerprint density at radius 3 is 2.77 bits per heavy atom. The second-order valence-corrected chi connectivity index (χ2v) is 8.18. The average Bonchev–Trinajstić information content (AvgIpc) is 3.01. The average molecular weight is 443 g/mol. The van der Waals surface area contributed by atoms with Gasteiger partial charge >= 0.3 is 0 Å². The maximum Gasteiger partial charge on any atom is 0.266 e. The number of phenols is 1. The Morgan fingerprint density at radius 2 is 2.03 bits per heavy atom. The lowest BCUT2D eigenvalue weighted by atomic mass is 10.2. The number of thioether (sulfide) groups is 1. The Morgan fingerprint density at radius 1 is 1.27 bits per heavy atom. The number of nitrogens with one attached hydrogen (secondary N) is 1. The van der Waals surface area contributed by atoms with Crippen LogP contribution in [0.5, 0.6) is 11.5 Å². The number of hydrogen-bond acceptors (Lipinski definition) is 6. The zero-order valence-corrected chi connectivity index (χ0v) is 18.1. The summed E-state index contributed by atoms with van der Waals surface area (Å²) in [5.74, 6) is 0.0311. The third-order valence-corrected chi connectivity index (χ3v) is 5.73. The highest BCUT2D eigenvalue weighted by molar-refractivity contribution is 8.26. The molecule has 0 radical (unpaired) electrons. The Kier molecular flexibility index (Phi) is 7.48. The van der Waals surface area contributed by atoms with E-state index < -0.39 is 0 Å². The summed E-state index contributed by atoms with van der Waals surface area (Å²) in [5.41, 5.74) is 1.73. The molecule has 0 aromatic heterocycles. The van der Waals surface area contributed by atoms with E-state index in [1.54, 1.807) is 18.2 Å². The van der Waals surface area contributed by atoms with Crippen molar-refractivity contribution in [3.05, 3.63) is 64.6 Å². The molecule has 0 atom stereocenters. The molecule has 0 aliphatic carbocycles. The van der Waals surface area contributed by atoms with E-state index in [9.17, 15) is 14.7 Å². The number of phenolic OH excluding ortho intramolecular Hbond substituents is 1. The van der Waals surface area contributed by atoms with E-state index in [-0.39, 0.29) is 30.5 Å². The van der Waals surface area contributed by atoms with Crippen molar-refractivity contribution in [1.29, 1.82) is 0 Å². The van der Waals surface area contributed by atoms with Crippen LogP contribution in [0.4, 0.5) is 0 Å². The van der Waals surface area contributed by atoms with Gasteiger partial charge in [0.05, 0.1) is 11.5 Å². The van der Waals surface area contributed by atoms with E-state index in [1.165, 1.54) is 22.7 Å². The standard InChI is InChI=1S/C22H22N2O4S2/c1-2-28-18-12-16(8-9-17(18)25)13-19-21(27)24(22(29)30-19)11-10-20(26)23-14-15-6-4-3-5-7-15/h3-9,12-13,25H,2,10-11,14H2,1H3,(H,23,26)/b19-13-. The molecule has 0 spiro atoms. The molecule has 2 amide bonds. The van der Waals surface area contributed by atoms with E-state index in [1.807, 2.05) is 37.3 Å². The minimum absolute atomic E-state index is 0.0445. The van der Waals surface area contributed by atoms with Crippen LogP contribution in [0.3, 0.4) is 0 Å². The molecule has 1 aliphatic rings. The summed E-state index contributed by atoms with van der Waals surface area (Å²) < 4.78 is 5.80. The van der Waals surface area contributed by atoms with Crippen molar-refractivity contribution in [3.63, 3.8) is 0 Å². The fraction of sp³-hybridized carbons (Fsp3) is 0.227. The molecule has 0 unspecified atom stereocenters. The Labute approximate surface area is 184 Å². The maximum absolute atomic E-state index is 12.7. The first kappa shape index (κ1) is 21.9. The molecule has 30 heavy (non-hydrogen) atoms. The monoisotopic (exact) mass is 442 g/mol. The van der Waals surface area contributed by atoms with Crippen molar-refractivity contribution in [1.82, 2.24) is 10.2 Å². The molecule has 0 bridgehead atoms. The molecule has 3 rings (SSSR count). The van der Waals surface area contributed by atoms with Crippen molar-refractivity contribution in [2.24, 2.45) is 0 Å². The van der Waals surface area contributed by atoms with E-state index in [0.29, 0.717) is 28.1 Å². The van der Waals surface area contributed by atoms with Gasteiger partial charge in [0.1, 0.15) is 4.32 Å². The number of carbonyl (C=O) groups excluding carboxylic acids is 2. The van der Waals surface area contributed by atoms with Gasteiger partial charge in [0.15, 0.2) is 11.5 Å². The third-order valence-electron chi connectivity index (χ3n) is 4.35. The number of carbonyl (C=O) groups is 2. The highest BCUT2D eigenvalue weighted by Crippen LogP contribution is 2.34. The highest BCUT2D eigenvalue weighted by Gasteiger charge is 2.32. The van der Waals surface area contributed by atoms with Crippen molar-refractivity contribution in [2.45, 2.75) is 19.9 Å². The summed E-state index contributed by atoms with van der Waals surface area (Å²) in [4.78, 5) is 26.8. The SMILES string of the molecule is CCOc1cc(/C=C2\SC(=S)N(CCC(=O)NCc3ccccc3)C2=O)ccc1O. The first-order chi connectivity index (χ1) is 14.5. The van der Waals surface area contributed by atoms with Gasteiger partial charge in [0.2, 0.25) is 5.91 Å². The molecule has 1 saturated heterocycles. The molecule has 2 aromatic carbocycles. The first-order valence-electron chi connectivity index (χ1n) is 9.49. The minimum Gasteiger partial charge on any atom is -0.504 e. The summed E-state index contributed by atoms with van der Waals surface area (Å²) >= 11 is 6.52. The molecule has 2 aromatic rings. The van der Waals surface area contributed by atoms with Gasteiger partial charge in [0, 0.05) is 19.5 Å². The summed E-state index contributed by atoms with van der Waals surface area (Å²) in [6.07, 6.45) is 1.87. The van der Waals surface area contributed by atoms with Crippen LogP contribution < -0.4 is 10.1 Å². The van der Waals surface area contributed by atoms with Gasteiger partial charge in [-0.25, -0.2) is 0 Å². The molecular weight excluding hydrogens is 420 g/mol. The summed E-state index contributed by atoms with van der Waals surface area (Å²) in [6, 6.07) is 14.5. The van der Waals surface area contributed by atoms with E-state index >= 15 is 0 Å². The van der Waals surface area contributed by atoms with Gasteiger partial charge in [-0.2, -0.15) is 0 Å². The molecule has 2 N–H and O–H groups in total. The fourth-order valence-corrected chi connectivity index (χ4v) is 4.14. The van der Waals surface area contributed by atoms with Crippen molar-refractivity contribution >= 4 is 46.2 Å². The van der Waals surface area contributed by atoms with Gasteiger partial charge in [0.25, 0.3) is 5.91 Å². The van der Waals surface area contributed by atoms with Gasteiger partial charge in [-0.3, -0.25) is 14.5 Å². The van der Waals surface area contributed by atoms with E-state index in [0.717, 1.165) is 11.1 Å². The van der Waals surface area contributed by atoms with Crippen LogP contribution in [0.15, 0.2) is 53.4 Å². The van der Waals surface area contributed by atoms with Gasteiger partial charge in [-0.05, 0) is 36.3 Å². The van der Waals surface area contributed by atoms with Crippen LogP contribution in [-0.4, -0.2) is 39.3 Å². The topological polar surface area (TPSA) is 78.9 Å². The number of benzene rings is 2. The number of rotatable bonds is 8. The summed E-state index contributed by atoms with van der Waals surface area (Å²) in [7, 11) is 0. The van der Waals surface area contributed by atoms with Crippen LogP contribution in [0.25, 0.3) is 6.08 Å². The predicted octanol–water partition coefficient (Wildman–Crippen LogP) is 3.70. The van der Waals surface area contributed by atoms with Gasteiger partial charge < -0.3 is 15.2 Å². The highest BCUT2D eigenvalue weighted by atomic mass is 32.2. The lowest BCUT2D eigenvalue weighted by Crippen LogP contribution is -2.33. The van der Waals surface area contributed by atoms with Crippen LogP contribution in [0.1, 0.15) is 24.5 Å². The van der Waals surface area contributed by atoms with Crippen LogP contribution in [0, 0.1) is 0 Å². The lowest BCUT2D eigenvalue weighted by molar-refractivity contribution is -0.123. The zero-order chi connectivity index (χ0) is 21.5. The number of amides is 2. The van der Waals surface area contributed by atoms with Gasteiger partial charge in [-0.1, -0.05) is 60.4 Å². The zero-order valence-electron chi connectivity index (χ0n) is 16.5. The predicted molar refractivity (Wildman–Crippen MR) is 122 cm³/mol. The number of thiocarbonyl (C=S) groups is 1. The normalized spacial score (nSPS) is 15.0. The maximum atomic E-state index is 12.7. The molecule has 1 fully saturated rings. The molecule has 8 heteroatoms. The summed E-state index contributed by atoms with van der Waals surface area (Å²) in [5, 5.41) is 12.7. The minimum atomic E-state index is -0.230. The fourth-order valence-electron chi connectivity index (χ4n) is 2.83. The van der Waals surface area contributed by atoms with Crippen LogP contribution in [-0.2, 0) is 16.1 Å². The van der Waals surface area contributed by atoms with Crippen molar-refractivity contribution in [2.75, 3.05) is 13.2 Å².